The van der Waals surface area contributed by atoms with Crippen LogP contribution in [0.25, 0.3) is 0 Å². The van der Waals surface area contributed by atoms with Gasteiger partial charge in [-0.2, -0.15) is 23.5 Å². The number of nitrogens with zero attached hydrogens (tertiary/aromatic N) is 4. The molecule has 0 unspecified atom stereocenters. The van der Waals surface area contributed by atoms with Crippen molar-refractivity contribution in [1.29, 1.82) is 0 Å². The van der Waals surface area contributed by atoms with Gasteiger partial charge in [0.15, 0.2) is 5.03 Å². The predicted octanol–water partition coefficient (Wildman–Crippen LogP) is 0.563. The molecule has 0 aliphatic heterocycles. The zero-order valence-corrected chi connectivity index (χ0v) is 17.2. The molecule has 2 N–H and O–H groups in total. The summed E-state index contributed by atoms with van der Waals surface area (Å²) < 4.78 is 43.1. The molecule has 30 heavy (non-hydrogen) atoms. The number of esters is 1. The second-order valence-electron chi connectivity index (χ2n) is 5.39. The molecule has 2 amide bonds. The molecule has 2 rings (SSSR count). The maximum atomic E-state index is 12.8. The monoisotopic (exact) mass is 440 g/mol. The highest BCUT2D eigenvalue weighted by Gasteiger charge is 2.30. The number of ether oxygens (including phenoxy) is 3. The summed E-state index contributed by atoms with van der Waals surface area (Å²) in [5.74, 6) is -1.03. The highest BCUT2D eigenvalue weighted by Crippen LogP contribution is 2.19. The molecule has 14 heteroatoms. The van der Waals surface area contributed by atoms with Gasteiger partial charge in [0.05, 0.1) is 39.6 Å². The number of amides is 2. The molecule has 0 bridgehead atoms. The first-order valence-corrected chi connectivity index (χ1v) is 9.88. The summed E-state index contributed by atoms with van der Waals surface area (Å²) >= 11 is 0. The van der Waals surface area contributed by atoms with E-state index in [-0.39, 0.29) is 36.4 Å². The van der Waals surface area contributed by atoms with Gasteiger partial charge in [-0.15, -0.1) is 6.58 Å². The van der Waals surface area contributed by atoms with Crippen LogP contribution in [0.5, 0.6) is 11.8 Å². The number of nitrogens with one attached hydrogen (secondary N) is 2. The van der Waals surface area contributed by atoms with E-state index in [0.29, 0.717) is 0 Å². The number of methoxy groups -OCH3 is 2. The Morgan fingerprint density at radius 2 is 1.87 bits per heavy atom. The summed E-state index contributed by atoms with van der Waals surface area (Å²) in [5, 5.41) is 5.45. The molecule has 0 aliphatic carbocycles. The van der Waals surface area contributed by atoms with Crippen LogP contribution < -0.4 is 19.5 Å². The van der Waals surface area contributed by atoms with E-state index in [4.69, 9.17) is 14.2 Å². The van der Waals surface area contributed by atoms with Crippen molar-refractivity contribution in [2.24, 2.45) is 0 Å². The van der Waals surface area contributed by atoms with E-state index in [9.17, 15) is 18.0 Å². The van der Waals surface area contributed by atoms with Crippen molar-refractivity contribution in [3.8, 4) is 11.8 Å². The molecule has 0 spiro atoms. The van der Waals surface area contributed by atoms with Gasteiger partial charge in [-0.3, -0.25) is 5.32 Å². The number of hydrogen-bond acceptors (Lipinski definition) is 10. The number of anilines is 1. The van der Waals surface area contributed by atoms with Gasteiger partial charge in [0.25, 0.3) is 10.0 Å². The van der Waals surface area contributed by atoms with Gasteiger partial charge in [-0.1, -0.05) is 6.08 Å². The third kappa shape index (κ3) is 5.22. The maximum Gasteiger partial charge on any atom is 0.342 e. The lowest BCUT2D eigenvalue weighted by atomic mass is 10.4. The van der Waals surface area contributed by atoms with Crippen molar-refractivity contribution in [1.82, 2.24) is 24.5 Å². The van der Waals surface area contributed by atoms with Crippen LogP contribution in [0.3, 0.4) is 0 Å². The zero-order valence-electron chi connectivity index (χ0n) is 16.4. The van der Waals surface area contributed by atoms with Crippen molar-refractivity contribution >= 4 is 28.0 Å². The van der Waals surface area contributed by atoms with Crippen LogP contribution in [-0.4, -0.2) is 61.0 Å². The van der Waals surface area contributed by atoms with Crippen LogP contribution in [-0.2, 0) is 21.3 Å². The topological polar surface area (TPSA) is 164 Å². The lowest BCUT2D eigenvalue weighted by molar-refractivity contribution is 0.0521. The van der Waals surface area contributed by atoms with Crippen molar-refractivity contribution in [2.45, 2.75) is 18.5 Å². The SMILES string of the molecule is C=CCn1ncc(C(=O)OCC)c1S(=O)(=O)NC(=O)Nc1nc(OC)cc(OC)n1. The van der Waals surface area contributed by atoms with Crippen molar-refractivity contribution in [2.75, 3.05) is 26.1 Å². The minimum Gasteiger partial charge on any atom is -0.481 e. The third-order valence-corrected chi connectivity index (χ3v) is 4.79. The summed E-state index contributed by atoms with van der Waals surface area (Å²) in [7, 11) is -1.86. The summed E-state index contributed by atoms with van der Waals surface area (Å²) in [6.45, 7) is 5.06. The highest BCUT2D eigenvalue weighted by molar-refractivity contribution is 7.90. The molecule has 0 aromatic carbocycles. The summed E-state index contributed by atoms with van der Waals surface area (Å²) in [6.07, 6.45) is 2.40. The molecule has 2 heterocycles. The second-order valence-corrected chi connectivity index (χ2v) is 6.99. The minimum absolute atomic E-state index is 0.0217. The Bertz CT molecular complexity index is 1030. The van der Waals surface area contributed by atoms with Crippen LogP contribution in [0.4, 0.5) is 10.7 Å². The first-order valence-electron chi connectivity index (χ1n) is 8.40. The molecule has 0 fully saturated rings. The second kappa shape index (κ2) is 9.69. The molecule has 0 saturated carbocycles. The first kappa shape index (κ1) is 22.6. The van der Waals surface area contributed by atoms with Gasteiger partial charge in [-0.25, -0.2) is 19.0 Å². The van der Waals surface area contributed by atoms with Crippen LogP contribution in [0.15, 0.2) is 29.9 Å². The van der Waals surface area contributed by atoms with Gasteiger partial charge >= 0.3 is 12.0 Å². The van der Waals surface area contributed by atoms with E-state index in [2.05, 4.69) is 27.0 Å². The van der Waals surface area contributed by atoms with Gasteiger partial charge < -0.3 is 14.2 Å². The molecule has 0 radical (unpaired) electrons. The van der Waals surface area contributed by atoms with Crippen molar-refractivity contribution in [3.05, 3.63) is 30.5 Å². The van der Waals surface area contributed by atoms with E-state index < -0.39 is 27.0 Å². The zero-order chi connectivity index (χ0) is 22.3. The molecule has 13 nitrogen and oxygen atoms in total. The minimum atomic E-state index is -4.54. The Morgan fingerprint density at radius 3 is 2.40 bits per heavy atom. The Hall–Kier alpha value is -3.68. The van der Waals surface area contributed by atoms with Crippen LogP contribution >= 0.6 is 0 Å². The van der Waals surface area contributed by atoms with Crippen molar-refractivity contribution < 1.29 is 32.2 Å². The largest absolute Gasteiger partial charge is 0.481 e. The van der Waals surface area contributed by atoms with Crippen LogP contribution in [0.1, 0.15) is 17.3 Å². The fraction of sp³-hybridized carbons (Fsp3) is 0.312. The van der Waals surface area contributed by atoms with E-state index in [1.807, 2.05) is 0 Å². The van der Waals surface area contributed by atoms with Crippen molar-refractivity contribution in [3.63, 3.8) is 0 Å². The summed E-state index contributed by atoms with van der Waals surface area (Å²) in [6, 6.07) is 0.172. The summed E-state index contributed by atoms with van der Waals surface area (Å²) in [4.78, 5) is 32.1. The third-order valence-electron chi connectivity index (χ3n) is 3.39. The number of aromatic nitrogens is 4. The lowest BCUT2D eigenvalue weighted by Crippen LogP contribution is -2.36. The van der Waals surface area contributed by atoms with Gasteiger partial charge in [0, 0.05) is 0 Å². The van der Waals surface area contributed by atoms with E-state index in [0.717, 1.165) is 10.9 Å². The van der Waals surface area contributed by atoms with Gasteiger partial charge in [0.1, 0.15) is 5.56 Å². The number of rotatable bonds is 9. The number of sulfonamides is 1. The highest BCUT2D eigenvalue weighted by atomic mass is 32.2. The quantitative estimate of drug-likeness (QED) is 0.416. The van der Waals surface area contributed by atoms with E-state index in [1.54, 1.807) is 11.6 Å². The average Bonchev–Trinajstić information content (AvgIpc) is 3.12. The van der Waals surface area contributed by atoms with E-state index in [1.165, 1.54) is 26.4 Å². The normalized spacial score (nSPS) is 10.8. The molecule has 0 atom stereocenters. The van der Waals surface area contributed by atoms with E-state index >= 15 is 0 Å². The van der Waals surface area contributed by atoms with Crippen LogP contribution in [0.2, 0.25) is 0 Å². The Labute approximate surface area is 172 Å². The van der Waals surface area contributed by atoms with Crippen LogP contribution in [0, 0.1) is 0 Å². The number of carbonyl (C=O) groups excluding carboxylic acids is 2. The molecule has 2 aromatic heterocycles. The lowest BCUT2D eigenvalue weighted by Gasteiger charge is -2.11. The molecule has 0 aliphatic rings. The van der Waals surface area contributed by atoms with Gasteiger partial charge in [-0.05, 0) is 6.92 Å². The Morgan fingerprint density at radius 1 is 1.23 bits per heavy atom. The smallest absolute Gasteiger partial charge is 0.342 e. The number of allylic oxidation sites excluding steroid dienone is 1. The number of urea groups is 1. The predicted molar refractivity (Wildman–Crippen MR) is 103 cm³/mol. The number of hydrogen-bond donors (Lipinski definition) is 2. The Balaban J connectivity index is 2.32. The average molecular weight is 440 g/mol. The summed E-state index contributed by atoms with van der Waals surface area (Å²) in [5.41, 5.74) is -0.335. The Kier molecular flexibility index (Phi) is 7.30. The molecular weight excluding hydrogens is 420 g/mol. The standard InChI is InChI=1S/C16H20N6O7S/c1-5-7-22-13(10(9-17-22)14(23)29-6-2)30(25,26)21-16(24)20-15-18-11(27-3)8-12(19-15)28-4/h5,8-9H,1,6-7H2,2-4H3,(H2,18,19,20,21,24). The molecule has 0 saturated heterocycles. The fourth-order valence-corrected chi connectivity index (χ4v) is 3.44. The maximum absolute atomic E-state index is 12.8. The molecule has 162 valence electrons. The van der Waals surface area contributed by atoms with Gasteiger partial charge in [0.2, 0.25) is 17.7 Å². The molecule has 2 aromatic rings. The first-order chi connectivity index (χ1) is 14.2. The fourth-order valence-electron chi connectivity index (χ4n) is 2.23. The molecular formula is C16H20N6O7S. The number of carbonyl (C=O) groups is 2.